The van der Waals surface area contributed by atoms with E-state index in [1.807, 2.05) is 25.1 Å². The molecule has 0 aromatic heterocycles. The Balaban J connectivity index is 3.05. The van der Waals surface area contributed by atoms with E-state index in [-0.39, 0.29) is 11.4 Å². The van der Waals surface area contributed by atoms with Crippen LogP contribution in [0.1, 0.15) is 43.6 Å². The van der Waals surface area contributed by atoms with Crippen LogP contribution in [0, 0.1) is 3.57 Å². The molecule has 0 radical (unpaired) electrons. The van der Waals surface area contributed by atoms with E-state index in [0.29, 0.717) is 12.2 Å². The van der Waals surface area contributed by atoms with Crippen molar-refractivity contribution in [1.29, 1.82) is 0 Å². The van der Waals surface area contributed by atoms with Gasteiger partial charge in [-0.2, -0.15) is 0 Å². The van der Waals surface area contributed by atoms with Crippen molar-refractivity contribution in [1.82, 2.24) is 0 Å². The van der Waals surface area contributed by atoms with E-state index < -0.39 is 0 Å². The largest absolute Gasteiger partial charge is 0.462 e. The fraction of sp³-hybridized carbons (Fsp3) is 0.462. The molecule has 16 heavy (non-hydrogen) atoms. The van der Waals surface area contributed by atoms with E-state index in [4.69, 9.17) is 4.74 Å². The van der Waals surface area contributed by atoms with Gasteiger partial charge in [-0.1, -0.05) is 26.8 Å². The molecule has 3 heteroatoms. The van der Waals surface area contributed by atoms with Gasteiger partial charge >= 0.3 is 5.97 Å². The molecular weight excluding hydrogens is 315 g/mol. The second-order valence-corrected chi connectivity index (χ2v) is 5.83. The Kier molecular flexibility index (Phi) is 4.35. The highest BCUT2D eigenvalue weighted by Gasteiger charge is 2.18. The van der Waals surface area contributed by atoms with Gasteiger partial charge in [0.05, 0.1) is 12.2 Å². The van der Waals surface area contributed by atoms with Gasteiger partial charge in [-0.3, -0.25) is 0 Å². The number of carbonyl (C=O) groups is 1. The SMILES string of the molecule is CCOC(=O)c1ccc(C(C)(C)C)c(I)c1. The molecule has 0 aliphatic rings. The summed E-state index contributed by atoms with van der Waals surface area (Å²) in [5.74, 6) is -0.249. The predicted molar refractivity (Wildman–Crippen MR) is 73.8 cm³/mol. The molecule has 0 amide bonds. The highest BCUT2D eigenvalue weighted by atomic mass is 127. The van der Waals surface area contributed by atoms with Crippen molar-refractivity contribution in [2.75, 3.05) is 6.61 Å². The van der Waals surface area contributed by atoms with E-state index in [1.54, 1.807) is 0 Å². The van der Waals surface area contributed by atoms with Crippen LogP contribution in [0.25, 0.3) is 0 Å². The number of carbonyl (C=O) groups excluding carboxylic acids is 1. The van der Waals surface area contributed by atoms with Crippen LogP contribution in [0.4, 0.5) is 0 Å². The minimum atomic E-state index is -0.249. The molecule has 1 aromatic carbocycles. The van der Waals surface area contributed by atoms with Gasteiger partial charge in [0.15, 0.2) is 0 Å². The van der Waals surface area contributed by atoms with E-state index in [1.165, 1.54) is 5.56 Å². The van der Waals surface area contributed by atoms with Crippen molar-refractivity contribution in [2.24, 2.45) is 0 Å². The molecule has 0 fully saturated rings. The minimum Gasteiger partial charge on any atom is -0.462 e. The third kappa shape index (κ3) is 3.20. The van der Waals surface area contributed by atoms with Gasteiger partial charge in [-0.15, -0.1) is 0 Å². The highest BCUT2D eigenvalue weighted by Crippen LogP contribution is 2.27. The molecule has 0 aliphatic carbocycles. The summed E-state index contributed by atoms with van der Waals surface area (Å²) in [6, 6.07) is 5.73. The van der Waals surface area contributed by atoms with Crippen molar-refractivity contribution < 1.29 is 9.53 Å². The number of rotatable bonds is 2. The first kappa shape index (κ1) is 13.5. The van der Waals surface area contributed by atoms with E-state index in [0.717, 1.165) is 3.57 Å². The third-order valence-electron chi connectivity index (χ3n) is 2.29. The van der Waals surface area contributed by atoms with Gasteiger partial charge in [-0.25, -0.2) is 4.79 Å². The molecule has 0 saturated carbocycles. The quantitative estimate of drug-likeness (QED) is 0.609. The molecule has 0 N–H and O–H groups in total. The monoisotopic (exact) mass is 332 g/mol. The standard InChI is InChI=1S/C13H17IO2/c1-5-16-12(15)9-6-7-10(11(14)8-9)13(2,3)4/h6-8H,5H2,1-4H3. The Bertz CT molecular complexity index is 391. The lowest BCUT2D eigenvalue weighted by atomic mass is 9.87. The molecule has 0 heterocycles. The summed E-state index contributed by atoms with van der Waals surface area (Å²) in [5, 5.41) is 0. The van der Waals surface area contributed by atoms with Gasteiger partial charge < -0.3 is 4.74 Å². The van der Waals surface area contributed by atoms with E-state index >= 15 is 0 Å². The zero-order valence-corrected chi connectivity index (χ0v) is 12.3. The van der Waals surface area contributed by atoms with Crippen LogP contribution >= 0.6 is 22.6 Å². The van der Waals surface area contributed by atoms with Crippen molar-refractivity contribution in [3.05, 3.63) is 32.9 Å². The Morgan fingerprint density at radius 2 is 2.00 bits per heavy atom. The average molecular weight is 332 g/mol. The van der Waals surface area contributed by atoms with Gasteiger partial charge in [0.2, 0.25) is 0 Å². The molecule has 0 bridgehead atoms. The fourth-order valence-corrected chi connectivity index (χ4v) is 2.79. The van der Waals surface area contributed by atoms with Gasteiger partial charge in [0.25, 0.3) is 0 Å². The molecule has 2 nitrogen and oxygen atoms in total. The van der Waals surface area contributed by atoms with Crippen LogP contribution in [0.5, 0.6) is 0 Å². The first-order chi connectivity index (χ1) is 7.36. The summed E-state index contributed by atoms with van der Waals surface area (Å²) >= 11 is 2.27. The molecule has 1 aromatic rings. The maximum Gasteiger partial charge on any atom is 0.338 e. The molecule has 0 saturated heterocycles. The number of halogens is 1. The zero-order chi connectivity index (χ0) is 12.3. The number of hydrogen-bond acceptors (Lipinski definition) is 2. The Hall–Kier alpha value is -0.580. The smallest absolute Gasteiger partial charge is 0.338 e. The summed E-state index contributed by atoms with van der Waals surface area (Å²) in [4.78, 5) is 11.5. The van der Waals surface area contributed by atoms with Crippen molar-refractivity contribution in [2.45, 2.75) is 33.1 Å². The summed E-state index contributed by atoms with van der Waals surface area (Å²) in [6.07, 6.45) is 0. The first-order valence-corrected chi connectivity index (χ1v) is 6.41. The van der Waals surface area contributed by atoms with Crippen LogP contribution in [0.15, 0.2) is 18.2 Å². The van der Waals surface area contributed by atoms with E-state index in [9.17, 15) is 4.79 Å². The van der Waals surface area contributed by atoms with Crippen LogP contribution in [-0.2, 0) is 10.2 Å². The molecule has 1 rings (SSSR count). The predicted octanol–water partition coefficient (Wildman–Crippen LogP) is 3.77. The number of benzene rings is 1. The van der Waals surface area contributed by atoms with Crippen LogP contribution < -0.4 is 0 Å². The van der Waals surface area contributed by atoms with Crippen molar-refractivity contribution in [3.8, 4) is 0 Å². The number of hydrogen-bond donors (Lipinski definition) is 0. The summed E-state index contributed by atoms with van der Waals surface area (Å²) < 4.78 is 6.07. The highest BCUT2D eigenvalue weighted by molar-refractivity contribution is 14.1. The topological polar surface area (TPSA) is 26.3 Å². The maximum absolute atomic E-state index is 11.5. The lowest BCUT2D eigenvalue weighted by Gasteiger charge is -2.21. The zero-order valence-electron chi connectivity index (χ0n) is 10.1. The molecule has 88 valence electrons. The molecule has 0 atom stereocenters. The Labute approximate surface area is 111 Å². The summed E-state index contributed by atoms with van der Waals surface area (Å²) in [5.41, 5.74) is 1.98. The minimum absolute atomic E-state index is 0.101. The third-order valence-corrected chi connectivity index (χ3v) is 3.18. The molecule has 0 spiro atoms. The average Bonchev–Trinajstić information content (AvgIpc) is 2.16. The lowest BCUT2D eigenvalue weighted by molar-refractivity contribution is 0.0526. The van der Waals surface area contributed by atoms with E-state index in [2.05, 4.69) is 43.4 Å². The first-order valence-electron chi connectivity index (χ1n) is 5.33. The van der Waals surface area contributed by atoms with Gasteiger partial charge in [0, 0.05) is 3.57 Å². The summed E-state index contributed by atoms with van der Waals surface area (Å²) in [6.45, 7) is 8.71. The number of ether oxygens (including phenoxy) is 1. The van der Waals surface area contributed by atoms with Gasteiger partial charge in [0.1, 0.15) is 0 Å². The second kappa shape index (κ2) is 5.17. The molecule has 0 aliphatic heterocycles. The molecular formula is C13H17IO2. The Morgan fingerprint density at radius 3 is 2.44 bits per heavy atom. The van der Waals surface area contributed by atoms with Crippen LogP contribution in [0.2, 0.25) is 0 Å². The normalized spacial score (nSPS) is 11.3. The second-order valence-electron chi connectivity index (χ2n) is 4.67. The number of esters is 1. The lowest BCUT2D eigenvalue weighted by Crippen LogP contribution is -2.14. The van der Waals surface area contributed by atoms with Crippen LogP contribution in [-0.4, -0.2) is 12.6 Å². The van der Waals surface area contributed by atoms with Crippen LogP contribution in [0.3, 0.4) is 0 Å². The van der Waals surface area contributed by atoms with Crippen molar-refractivity contribution >= 4 is 28.6 Å². The summed E-state index contributed by atoms with van der Waals surface area (Å²) in [7, 11) is 0. The maximum atomic E-state index is 11.5. The van der Waals surface area contributed by atoms with Gasteiger partial charge in [-0.05, 0) is 52.6 Å². The molecule has 0 unspecified atom stereocenters. The Morgan fingerprint density at radius 1 is 1.38 bits per heavy atom. The van der Waals surface area contributed by atoms with Crippen molar-refractivity contribution in [3.63, 3.8) is 0 Å². The fourth-order valence-electron chi connectivity index (χ4n) is 1.46.